The number of carbonyl (C=O) groups excluding carboxylic acids is 2. The van der Waals surface area contributed by atoms with Gasteiger partial charge in [0.05, 0.1) is 5.97 Å². The Morgan fingerprint density at radius 1 is 1.12 bits per heavy atom. The zero-order valence-electron chi connectivity index (χ0n) is 11.2. The van der Waals surface area contributed by atoms with E-state index in [0.29, 0.717) is 6.42 Å². The predicted octanol–water partition coefficient (Wildman–Crippen LogP) is -1.58. The van der Waals surface area contributed by atoms with E-state index in [1.165, 1.54) is 6.42 Å². The van der Waals surface area contributed by atoms with Crippen LogP contribution >= 0.6 is 0 Å². The van der Waals surface area contributed by atoms with Crippen molar-refractivity contribution >= 4 is 11.9 Å². The predicted molar refractivity (Wildman–Crippen MR) is 58.6 cm³/mol. The zero-order valence-corrected chi connectivity index (χ0v) is 13.2. The van der Waals surface area contributed by atoms with E-state index in [1.807, 2.05) is 0 Å². The van der Waals surface area contributed by atoms with E-state index in [9.17, 15) is 14.7 Å². The first-order chi connectivity index (χ1) is 7.61. The molecule has 0 spiro atoms. The first-order valence-electron chi connectivity index (χ1n) is 6.02. The first-order valence-corrected chi connectivity index (χ1v) is 6.02. The number of ether oxygens (including phenoxy) is 1. The summed E-state index contributed by atoms with van der Waals surface area (Å²) < 4.78 is 4.77. The minimum absolute atomic E-state index is 0. The summed E-state index contributed by atoms with van der Waals surface area (Å²) in [5, 5.41) is 10.5. The summed E-state index contributed by atoms with van der Waals surface area (Å²) >= 11 is 0. The van der Waals surface area contributed by atoms with Crippen LogP contribution in [0.1, 0.15) is 58.8 Å². The first kappa shape index (κ1) is 19.3. The van der Waals surface area contributed by atoms with Crippen molar-refractivity contribution in [1.29, 1.82) is 0 Å². The third-order valence-electron chi connectivity index (χ3n) is 2.39. The Kier molecular flexibility index (Phi) is 14.1. The largest absolute Gasteiger partial charge is 1.00 e. The molecule has 5 heteroatoms. The molecule has 0 amide bonds. The molecule has 1 atom stereocenters. The van der Waals surface area contributed by atoms with Gasteiger partial charge in [-0.2, -0.15) is 0 Å². The monoisotopic (exact) mass is 252 g/mol. The molecule has 0 radical (unpaired) electrons. The number of carboxylic acids is 1. The van der Waals surface area contributed by atoms with Crippen LogP contribution in [-0.4, -0.2) is 18.0 Å². The second-order valence-electron chi connectivity index (χ2n) is 3.87. The van der Waals surface area contributed by atoms with Gasteiger partial charge in [-0.05, 0) is 12.8 Å². The normalized spacial score (nSPS) is 11.4. The number of esters is 1. The number of hydrogen-bond acceptors (Lipinski definition) is 4. The van der Waals surface area contributed by atoms with Crippen molar-refractivity contribution in [2.45, 2.75) is 64.9 Å². The van der Waals surface area contributed by atoms with E-state index < -0.39 is 18.0 Å². The number of hydrogen-bond donors (Lipinski definition) is 0. The molecule has 1 unspecified atom stereocenters. The summed E-state index contributed by atoms with van der Waals surface area (Å²) in [6.45, 7) is 3.77. The maximum absolute atomic E-state index is 11.2. The van der Waals surface area contributed by atoms with Crippen molar-refractivity contribution in [1.82, 2.24) is 0 Å². The SMILES string of the molecule is CCCCCCCC(=O)OC(CC)C(=O)[O-].[Na+]. The van der Waals surface area contributed by atoms with E-state index in [0.717, 1.165) is 25.7 Å². The molecule has 0 saturated carbocycles. The van der Waals surface area contributed by atoms with E-state index in [2.05, 4.69) is 6.92 Å². The molecule has 0 bridgehead atoms. The van der Waals surface area contributed by atoms with Crippen molar-refractivity contribution in [3.05, 3.63) is 0 Å². The van der Waals surface area contributed by atoms with Crippen molar-refractivity contribution in [2.75, 3.05) is 0 Å². The standard InChI is InChI=1S/C12H22O4.Na/c1-3-5-6-7-8-9-11(13)16-10(4-2)12(14)15;/h10H,3-9H2,1-2H3,(H,14,15);/q;+1/p-1. The number of rotatable bonds is 9. The molecule has 0 N–H and O–H groups in total. The maximum atomic E-state index is 11.2. The van der Waals surface area contributed by atoms with Gasteiger partial charge in [-0.1, -0.05) is 39.5 Å². The molecule has 4 nitrogen and oxygen atoms in total. The average molecular weight is 252 g/mol. The summed E-state index contributed by atoms with van der Waals surface area (Å²) in [6, 6.07) is 0. The van der Waals surface area contributed by atoms with Gasteiger partial charge < -0.3 is 14.6 Å². The van der Waals surface area contributed by atoms with Gasteiger partial charge in [-0.25, -0.2) is 0 Å². The van der Waals surface area contributed by atoms with Gasteiger partial charge in [0.1, 0.15) is 6.10 Å². The molecular formula is C12H21NaO4. The smallest absolute Gasteiger partial charge is 0.546 e. The fourth-order valence-corrected chi connectivity index (χ4v) is 1.39. The number of aliphatic carboxylic acids is 1. The molecule has 0 aromatic carbocycles. The van der Waals surface area contributed by atoms with Gasteiger partial charge in [-0.15, -0.1) is 0 Å². The van der Waals surface area contributed by atoms with Gasteiger partial charge >= 0.3 is 35.5 Å². The molecule has 0 fully saturated rings. The van der Waals surface area contributed by atoms with Gasteiger partial charge in [-0.3, -0.25) is 4.79 Å². The molecule has 0 aliphatic rings. The van der Waals surface area contributed by atoms with Crippen LogP contribution in [0.4, 0.5) is 0 Å². The van der Waals surface area contributed by atoms with Crippen LogP contribution in [0.5, 0.6) is 0 Å². The third-order valence-corrected chi connectivity index (χ3v) is 2.39. The molecule has 17 heavy (non-hydrogen) atoms. The molecule has 0 saturated heterocycles. The molecule has 0 aliphatic carbocycles. The molecule has 0 heterocycles. The fourth-order valence-electron chi connectivity index (χ4n) is 1.39. The molecule has 0 aliphatic heterocycles. The molecule has 0 rings (SSSR count). The summed E-state index contributed by atoms with van der Waals surface area (Å²) in [6.07, 6.45) is 4.66. The summed E-state index contributed by atoms with van der Waals surface area (Å²) in [4.78, 5) is 21.7. The second kappa shape index (κ2) is 12.4. The molecule has 94 valence electrons. The molecule has 0 aromatic heterocycles. The van der Waals surface area contributed by atoms with Crippen LogP contribution in [0.15, 0.2) is 0 Å². The van der Waals surface area contributed by atoms with E-state index in [1.54, 1.807) is 6.92 Å². The van der Waals surface area contributed by atoms with Crippen molar-refractivity contribution in [3.63, 3.8) is 0 Å². The Labute approximate surface area is 125 Å². The van der Waals surface area contributed by atoms with Crippen LogP contribution in [0, 0.1) is 0 Å². The van der Waals surface area contributed by atoms with Gasteiger partial charge in [0, 0.05) is 6.42 Å². The third kappa shape index (κ3) is 10.8. The van der Waals surface area contributed by atoms with Crippen LogP contribution in [0.25, 0.3) is 0 Å². The number of unbranched alkanes of at least 4 members (excludes halogenated alkanes) is 4. The van der Waals surface area contributed by atoms with Gasteiger partial charge in [0.15, 0.2) is 0 Å². The van der Waals surface area contributed by atoms with Crippen molar-refractivity contribution < 1.29 is 49.0 Å². The number of carbonyl (C=O) groups is 2. The Balaban J connectivity index is 0. The summed E-state index contributed by atoms with van der Waals surface area (Å²) in [7, 11) is 0. The quantitative estimate of drug-likeness (QED) is 0.282. The van der Waals surface area contributed by atoms with Gasteiger partial charge in [0.2, 0.25) is 0 Å². The summed E-state index contributed by atoms with van der Waals surface area (Å²) in [5.41, 5.74) is 0. The average Bonchev–Trinajstić information content (AvgIpc) is 2.25. The minimum Gasteiger partial charge on any atom is -0.546 e. The van der Waals surface area contributed by atoms with Crippen molar-refractivity contribution in [3.8, 4) is 0 Å². The Morgan fingerprint density at radius 2 is 1.71 bits per heavy atom. The zero-order chi connectivity index (χ0) is 12.4. The molecular weight excluding hydrogens is 231 g/mol. The second-order valence-corrected chi connectivity index (χ2v) is 3.87. The minimum atomic E-state index is -1.32. The van der Waals surface area contributed by atoms with E-state index in [-0.39, 0.29) is 36.0 Å². The van der Waals surface area contributed by atoms with Crippen LogP contribution in [0.2, 0.25) is 0 Å². The summed E-state index contributed by atoms with van der Waals surface area (Å²) in [5.74, 6) is -1.76. The van der Waals surface area contributed by atoms with Crippen LogP contribution in [0.3, 0.4) is 0 Å². The fraction of sp³-hybridized carbons (Fsp3) is 0.833. The topological polar surface area (TPSA) is 66.4 Å². The van der Waals surface area contributed by atoms with Crippen LogP contribution in [-0.2, 0) is 14.3 Å². The Hall–Kier alpha value is -0.0600. The Bertz CT molecular complexity index is 219. The van der Waals surface area contributed by atoms with E-state index in [4.69, 9.17) is 4.74 Å². The van der Waals surface area contributed by atoms with Crippen LogP contribution < -0.4 is 34.7 Å². The van der Waals surface area contributed by atoms with Gasteiger partial charge in [0.25, 0.3) is 0 Å². The van der Waals surface area contributed by atoms with E-state index >= 15 is 0 Å². The Morgan fingerprint density at radius 3 is 2.18 bits per heavy atom. The maximum Gasteiger partial charge on any atom is 1.00 e. The van der Waals surface area contributed by atoms with Crippen molar-refractivity contribution in [2.24, 2.45) is 0 Å². The molecule has 0 aromatic rings. The number of carboxylic acid groups (broad SMARTS) is 1.